The molecule has 4 rings (SSSR count). The normalized spacial score (nSPS) is 11.0. The van der Waals surface area contributed by atoms with E-state index in [9.17, 15) is 13.6 Å². The van der Waals surface area contributed by atoms with Crippen molar-refractivity contribution in [1.82, 2.24) is 14.7 Å². The number of aromatic nitrogens is 2. The summed E-state index contributed by atoms with van der Waals surface area (Å²) >= 11 is 1.45. The second-order valence-corrected chi connectivity index (χ2v) is 6.93. The predicted octanol–water partition coefficient (Wildman–Crippen LogP) is 4.20. The molecule has 0 unspecified atom stereocenters. The van der Waals surface area contributed by atoms with E-state index >= 15 is 0 Å². The maximum atomic E-state index is 13.1. The molecule has 4 nitrogen and oxygen atoms in total. The Kier molecular flexibility index (Phi) is 4.68. The van der Waals surface area contributed by atoms with E-state index in [4.69, 9.17) is 0 Å². The van der Waals surface area contributed by atoms with Crippen molar-refractivity contribution in [2.45, 2.75) is 13.0 Å². The Labute approximate surface area is 158 Å². The molecule has 0 spiro atoms. The van der Waals surface area contributed by atoms with Crippen LogP contribution < -0.4 is 5.32 Å². The molecule has 0 aliphatic rings. The highest BCUT2D eigenvalue weighted by Crippen LogP contribution is 2.24. The summed E-state index contributed by atoms with van der Waals surface area (Å²) in [6.07, 6.45) is 2.06. The van der Waals surface area contributed by atoms with Crippen LogP contribution in [0.4, 0.5) is 8.78 Å². The first kappa shape index (κ1) is 17.4. The largest absolute Gasteiger partial charge is 0.352 e. The molecule has 0 atom stereocenters. The van der Waals surface area contributed by atoms with Crippen LogP contribution in [0.15, 0.2) is 60.1 Å². The Balaban J connectivity index is 1.46. The Morgan fingerprint density at radius 2 is 1.70 bits per heavy atom. The summed E-state index contributed by atoms with van der Waals surface area (Å²) in [7, 11) is 0. The summed E-state index contributed by atoms with van der Waals surface area (Å²) in [6.45, 7) is 0.344. The number of benzene rings is 2. The third kappa shape index (κ3) is 3.88. The van der Waals surface area contributed by atoms with Crippen LogP contribution in [0.2, 0.25) is 0 Å². The smallest absolute Gasteiger partial charge is 0.226 e. The van der Waals surface area contributed by atoms with Crippen LogP contribution in [-0.4, -0.2) is 15.3 Å². The van der Waals surface area contributed by atoms with Crippen LogP contribution in [0, 0.1) is 11.6 Å². The van der Waals surface area contributed by atoms with E-state index < -0.39 is 0 Å². The molecule has 0 radical (unpaired) electrons. The van der Waals surface area contributed by atoms with Crippen molar-refractivity contribution in [2.75, 3.05) is 0 Å². The average Bonchev–Trinajstić information content (AvgIpc) is 3.24. The lowest BCUT2D eigenvalue weighted by Gasteiger charge is -2.05. The molecule has 1 N–H and O–H groups in total. The lowest BCUT2D eigenvalue weighted by Crippen LogP contribution is -2.24. The van der Waals surface area contributed by atoms with Crippen molar-refractivity contribution in [3.63, 3.8) is 0 Å². The molecular formula is C20H15F2N3OS. The molecule has 2 heterocycles. The second-order valence-electron chi connectivity index (χ2n) is 6.09. The van der Waals surface area contributed by atoms with Gasteiger partial charge in [0.1, 0.15) is 11.6 Å². The molecule has 27 heavy (non-hydrogen) atoms. The first-order valence-corrected chi connectivity index (χ1v) is 9.19. The fourth-order valence-electron chi connectivity index (χ4n) is 2.75. The zero-order chi connectivity index (χ0) is 18.8. The molecule has 7 heteroatoms. The molecule has 0 fully saturated rings. The quantitative estimate of drug-likeness (QED) is 0.561. The molecule has 0 saturated heterocycles. The minimum Gasteiger partial charge on any atom is -0.352 e. The number of nitrogens with one attached hydrogen (secondary N) is 1. The number of rotatable bonds is 5. The zero-order valence-corrected chi connectivity index (χ0v) is 15.0. The molecular weight excluding hydrogens is 368 g/mol. The van der Waals surface area contributed by atoms with Gasteiger partial charge in [-0.3, -0.25) is 9.20 Å². The number of imidazole rings is 1. The predicted molar refractivity (Wildman–Crippen MR) is 100 cm³/mol. The van der Waals surface area contributed by atoms with Gasteiger partial charge in [0.2, 0.25) is 5.91 Å². The van der Waals surface area contributed by atoms with Crippen LogP contribution in [0.25, 0.3) is 16.2 Å². The Morgan fingerprint density at radius 1 is 1.04 bits per heavy atom. The number of carbonyl (C=O) groups excluding carboxylic acids is 1. The van der Waals surface area contributed by atoms with Crippen LogP contribution in [0.3, 0.4) is 0 Å². The van der Waals surface area contributed by atoms with Crippen LogP contribution in [0.5, 0.6) is 0 Å². The molecule has 2 aromatic carbocycles. The van der Waals surface area contributed by atoms with Gasteiger partial charge in [0.25, 0.3) is 0 Å². The fraction of sp³-hybridized carbons (Fsp3) is 0.100. The van der Waals surface area contributed by atoms with Gasteiger partial charge < -0.3 is 5.32 Å². The molecule has 0 saturated carbocycles. The number of hydrogen-bond donors (Lipinski definition) is 1. The third-order valence-corrected chi connectivity index (χ3v) is 5.06. The molecule has 136 valence electrons. The van der Waals surface area contributed by atoms with Crippen LogP contribution in [-0.2, 0) is 17.8 Å². The van der Waals surface area contributed by atoms with E-state index in [0.29, 0.717) is 6.54 Å². The van der Waals surface area contributed by atoms with E-state index in [0.717, 1.165) is 27.5 Å². The van der Waals surface area contributed by atoms with Crippen molar-refractivity contribution in [3.05, 3.63) is 83.0 Å². The Hall–Kier alpha value is -3.06. The molecule has 1 amide bonds. The Morgan fingerprint density at radius 3 is 2.41 bits per heavy atom. The summed E-state index contributed by atoms with van der Waals surface area (Å²) in [5.74, 6) is -0.725. The van der Waals surface area contributed by atoms with E-state index in [1.807, 2.05) is 16.0 Å². The van der Waals surface area contributed by atoms with Crippen molar-refractivity contribution in [2.24, 2.45) is 0 Å². The topological polar surface area (TPSA) is 46.4 Å². The van der Waals surface area contributed by atoms with Crippen molar-refractivity contribution < 1.29 is 13.6 Å². The summed E-state index contributed by atoms with van der Waals surface area (Å²) < 4.78 is 27.9. The van der Waals surface area contributed by atoms with E-state index in [1.54, 1.807) is 24.3 Å². The highest BCUT2D eigenvalue weighted by atomic mass is 32.1. The number of carbonyl (C=O) groups is 1. The van der Waals surface area contributed by atoms with Gasteiger partial charge in [-0.2, -0.15) is 0 Å². The average molecular weight is 383 g/mol. The maximum Gasteiger partial charge on any atom is 0.226 e. The fourth-order valence-corrected chi connectivity index (χ4v) is 3.62. The first-order valence-electron chi connectivity index (χ1n) is 8.31. The van der Waals surface area contributed by atoms with E-state index in [-0.39, 0.29) is 24.0 Å². The molecule has 0 aliphatic heterocycles. The summed E-state index contributed by atoms with van der Waals surface area (Å²) in [5.41, 5.74) is 3.21. The van der Waals surface area contributed by atoms with E-state index in [1.165, 1.54) is 35.6 Å². The van der Waals surface area contributed by atoms with Gasteiger partial charge in [-0.25, -0.2) is 13.8 Å². The number of amides is 1. The molecule has 4 aromatic rings. The van der Waals surface area contributed by atoms with Gasteiger partial charge in [-0.15, -0.1) is 11.3 Å². The van der Waals surface area contributed by atoms with Crippen LogP contribution >= 0.6 is 11.3 Å². The number of fused-ring (bicyclic) bond motifs is 1. The van der Waals surface area contributed by atoms with Gasteiger partial charge >= 0.3 is 0 Å². The monoisotopic (exact) mass is 383 g/mol. The van der Waals surface area contributed by atoms with Gasteiger partial charge in [-0.1, -0.05) is 12.1 Å². The lowest BCUT2D eigenvalue weighted by molar-refractivity contribution is -0.120. The van der Waals surface area contributed by atoms with Crippen LogP contribution in [0.1, 0.15) is 11.3 Å². The number of thiazole rings is 1. The Bertz CT molecular complexity index is 1080. The second kappa shape index (κ2) is 7.28. The number of nitrogens with zero attached hydrogens (tertiary/aromatic N) is 2. The first-order chi connectivity index (χ1) is 13.1. The molecule has 2 aromatic heterocycles. The van der Waals surface area contributed by atoms with Crippen molar-refractivity contribution in [1.29, 1.82) is 0 Å². The van der Waals surface area contributed by atoms with Gasteiger partial charge in [0.05, 0.1) is 12.1 Å². The lowest BCUT2D eigenvalue weighted by atomic mass is 10.2. The highest BCUT2D eigenvalue weighted by molar-refractivity contribution is 7.15. The number of hydrogen-bond acceptors (Lipinski definition) is 3. The zero-order valence-electron chi connectivity index (χ0n) is 14.2. The summed E-state index contributed by atoms with van der Waals surface area (Å²) in [5, 5.41) is 4.73. The summed E-state index contributed by atoms with van der Waals surface area (Å²) in [6, 6.07) is 12.2. The van der Waals surface area contributed by atoms with Gasteiger partial charge in [0, 0.05) is 29.4 Å². The minimum absolute atomic E-state index is 0.129. The summed E-state index contributed by atoms with van der Waals surface area (Å²) in [4.78, 5) is 17.6. The SMILES string of the molecule is O=C(Cc1csc2nc(-c3ccc(F)cc3)cn12)NCc1ccc(F)cc1. The van der Waals surface area contributed by atoms with Gasteiger partial charge in [-0.05, 0) is 42.0 Å². The van der Waals surface area contributed by atoms with Gasteiger partial charge in [0.15, 0.2) is 4.96 Å². The van der Waals surface area contributed by atoms with Crippen molar-refractivity contribution in [3.8, 4) is 11.3 Å². The highest BCUT2D eigenvalue weighted by Gasteiger charge is 2.12. The number of halogens is 2. The maximum absolute atomic E-state index is 13.1. The molecule has 0 aliphatic carbocycles. The third-order valence-electron chi connectivity index (χ3n) is 4.17. The standard InChI is InChI=1S/C20H15F2N3OS/c21-15-5-1-13(2-6-15)10-23-19(26)9-17-12-27-20-24-18(11-25(17)20)14-3-7-16(22)8-4-14/h1-8,11-12H,9-10H2,(H,23,26). The van der Waals surface area contributed by atoms with E-state index in [2.05, 4.69) is 10.3 Å². The molecule has 0 bridgehead atoms. The minimum atomic E-state index is -0.303. The van der Waals surface area contributed by atoms with Crippen molar-refractivity contribution >= 4 is 22.2 Å².